The van der Waals surface area contributed by atoms with E-state index in [1.165, 1.54) is 5.56 Å². The van der Waals surface area contributed by atoms with Crippen molar-refractivity contribution in [3.05, 3.63) is 59.4 Å². The maximum Gasteiger partial charge on any atom is 0.224 e. The molecule has 0 N–H and O–H groups in total. The van der Waals surface area contributed by atoms with Crippen LogP contribution in [0.2, 0.25) is 0 Å². The van der Waals surface area contributed by atoms with Crippen LogP contribution in [0.15, 0.2) is 42.6 Å². The molecule has 1 amide bonds. The van der Waals surface area contributed by atoms with Gasteiger partial charge in [-0.25, -0.2) is 0 Å². The smallest absolute Gasteiger partial charge is 0.224 e. The number of fused-ring (bicyclic) bond motifs is 2. The Morgan fingerprint density at radius 2 is 1.89 bits per heavy atom. The fourth-order valence-corrected chi connectivity index (χ4v) is 2.62. The van der Waals surface area contributed by atoms with Crippen molar-refractivity contribution in [2.45, 2.75) is 26.3 Å². The van der Waals surface area contributed by atoms with E-state index >= 15 is 0 Å². The molecule has 2 aromatic rings. The van der Waals surface area contributed by atoms with E-state index in [0.717, 1.165) is 29.8 Å². The fraction of sp³-hybridized carbons (Fsp3) is 0.250. The van der Waals surface area contributed by atoms with Crippen molar-refractivity contribution in [2.24, 2.45) is 0 Å². The summed E-state index contributed by atoms with van der Waals surface area (Å²) in [5.74, 6) is 0.0733. The standard InChI is InChI=1S/C16H16N2O/c1-12(19)18-11-14-6-4-10-17-15(14)9-8-13-5-2-3-7-16(13)18/h2-7,10H,8-9,11H2,1H3. The fourth-order valence-electron chi connectivity index (χ4n) is 2.62. The molecule has 3 rings (SSSR count). The van der Waals surface area contributed by atoms with Gasteiger partial charge in [0, 0.05) is 24.5 Å². The molecule has 1 aromatic carbocycles. The Balaban J connectivity index is 2.09. The number of aryl methyl sites for hydroxylation is 2. The SMILES string of the molecule is CC(=O)N1Cc2cccnc2CCc2ccccc21. The Kier molecular flexibility index (Phi) is 3.03. The summed E-state index contributed by atoms with van der Waals surface area (Å²) in [5, 5.41) is 0. The van der Waals surface area contributed by atoms with Gasteiger partial charge in [0.25, 0.3) is 0 Å². The topological polar surface area (TPSA) is 33.2 Å². The molecule has 0 aliphatic carbocycles. The number of carbonyl (C=O) groups excluding carboxylic acids is 1. The first-order valence-corrected chi connectivity index (χ1v) is 6.54. The molecule has 96 valence electrons. The summed E-state index contributed by atoms with van der Waals surface area (Å²) in [6.07, 6.45) is 3.67. The van der Waals surface area contributed by atoms with Crippen LogP contribution in [-0.2, 0) is 24.2 Å². The minimum absolute atomic E-state index is 0.0733. The van der Waals surface area contributed by atoms with Gasteiger partial charge in [0.2, 0.25) is 5.91 Å². The van der Waals surface area contributed by atoms with E-state index in [1.807, 2.05) is 35.4 Å². The summed E-state index contributed by atoms with van der Waals surface area (Å²) in [7, 11) is 0. The number of rotatable bonds is 0. The lowest BCUT2D eigenvalue weighted by Gasteiger charge is -2.27. The second-order valence-corrected chi connectivity index (χ2v) is 4.84. The van der Waals surface area contributed by atoms with E-state index in [2.05, 4.69) is 17.1 Å². The molecular weight excluding hydrogens is 236 g/mol. The highest BCUT2D eigenvalue weighted by atomic mass is 16.2. The summed E-state index contributed by atoms with van der Waals surface area (Å²) in [4.78, 5) is 18.2. The van der Waals surface area contributed by atoms with Crippen molar-refractivity contribution < 1.29 is 4.79 Å². The monoisotopic (exact) mass is 252 g/mol. The molecule has 0 atom stereocenters. The molecule has 0 unspecified atom stereocenters. The quantitative estimate of drug-likeness (QED) is 0.722. The summed E-state index contributed by atoms with van der Waals surface area (Å²) >= 11 is 0. The van der Waals surface area contributed by atoms with Crippen molar-refractivity contribution in [3.8, 4) is 0 Å². The minimum Gasteiger partial charge on any atom is -0.308 e. The van der Waals surface area contributed by atoms with E-state index in [-0.39, 0.29) is 5.91 Å². The third-order valence-electron chi connectivity index (χ3n) is 3.61. The number of nitrogens with zero attached hydrogens (tertiary/aromatic N) is 2. The first-order chi connectivity index (χ1) is 9.25. The number of carbonyl (C=O) groups is 1. The molecule has 1 aromatic heterocycles. The molecule has 3 nitrogen and oxygen atoms in total. The lowest BCUT2D eigenvalue weighted by Crippen LogP contribution is -2.30. The number of hydrogen-bond donors (Lipinski definition) is 0. The zero-order valence-corrected chi connectivity index (χ0v) is 11.0. The lowest BCUT2D eigenvalue weighted by atomic mass is 9.99. The molecule has 2 heterocycles. The molecule has 0 spiro atoms. The van der Waals surface area contributed by atoms with Crippen LogP contribution in [-0.4, -0.2) is 10.9 Å². The van der Waals surface area contributed by atoms with Crippen LogP contribution in [0.1, 0.15) is 23.7 Å². The van der Waals surface area contributed by atoms with Crippen molar-refractivity contribution >= 4 is 11.6 Å². The number of hydrogen-bond acceptors (Lipinski definition) is 2. The zero-order chi connectivity index (χ0) is 13.2. The van der Waals surface area contributed by atoms with E-state index in [0.29, 0.717) is 6.54 Å². The highest BCUT2D eigenvalue weighted by Gasteiger charge is 2.20. The normalized spacial score (nSPS) is 14.1. The summed E-state index contributed by atoms with van der Waals surface area (Å²) in [6, 6.07) is 12.1. The molecule has 19 heavy (non-hydrogen) atoms. The maximum atomic E-state index is 11.9. The van der Waals surface area contributed by atoms with Crippen molar-refractivity contribution in [1.29, 1.82) is 0 Å². The third kappa shape index (κ3) is 2.24. The third-order valence-corrected chi connectivity index (χ3v) is 3.61. The van der Waals surface area contributed by atoms with Crippen LogP contribution in [0.3, 0.4) is 0 Å². The molecule has 0 radical (unpaired) electrons. The number of amides is 1. The zero-order valence-electron chi connectivity index (χ0n) is 11.0. The van der Waals surface area contributed by atoms with E-state index in [4.69, 9.17) is 0 Å². The maximum absolute atomic E-state index is 11.9. The van der Waals surface area contributed by atoms with Gasteiger partial charge in [0.05, 0.1) is 6.54 Å². The molecule has 3 heteroatoms. The van der Waals surface area contributed by atoms with Crippen molar-refractivity contribution in [1.82, 2.24) is 4.98 Å². The van der Waals surface area contributed by atoms with Crippen molar-refractivity contribution in [2.75, 3.05) is 4.90 Å². The Morgan fingerprint density at radius 3 is 2.74 bits per heavy atom. The molecular formula is C16H16N2O. The van der Waals surface area contributed by atoms with Crippen LogP contribution in [0.4, 0.5) is 5.69 Å². The molecule has 0 saturated carbocycles. The van der Waals surface area contributed by atoms with Gasteiger partial charge in [-0.05, 0) is 36.1 Å². The second kappa shape index (κ2) is 4.84. The highest BCUT2D eigenvalue weighted by molar-refractivity contribution is 5.92. The second-order valence-electron chi connectivity index (χ2n) is 4.84. The summed E-state index contributed by atoms with van der Waals surface area (Å²) in [5.41, 5.74) is 4.49. The van der Waals surface area contributed by atoms with Crippen molar-refractivity contribution in [3.63, 3.8) is 0 Å². The predicted molar refractivity (Wildman–Crippen MR) is 75.0 cm³/mol. The largest absolute Gasteiger partial charge is 0.308 e. The summed E-state index contributed by atoms with van der Waals surface area (Å²) < 4.78 is 0. The van der Waals surface area contributed by atoms with Crippen LogP contribution >= 0.6 is 0 Å². The Hall–Kier alpha value is -2.16. The average Bonchev–Trinajstić information content (AvgIpc) is 2.41. The number of anilines is 1. The first-order valence-electron chi connectivity index (χ1n) is 6.54. The van der Waals surface area contributed by atoms with Crippen LogP contribution in [0.25, 0.3) is 0 Å². The minimum atomic E-state index is 0.0733. The van der Waals surface area contributed by atoms with Gasteiger partial charge in [0.1, 0.15) is 0 Å². The Morgan fingerprint density at radius 1 is 1.11 bits per heavy atom. The first kappa shape index (κ1) is 11.9. The van der Waals surface area contributed by atoms with Gasteiger partial charge >= 0.3 is 0 Å². The van der Waals surface area contributed by atoms with E-state index in [1.54, 1.807) is 6.92 Å². The molecule has 0 bridgehead atoms. The van der Waals surface area contributed by atoms with Crippen LogP contribution in [0, 0.1) is 0 Å². The van der Waals surface area contributed by atoms with Gasteiger partial charge in [0.15, 0.2) is 0 Å². The van der Waals surface area contributed by atoms with E-state index in [9.17, 15) is 4.79 Å². The molecule has 0 fully saturated rings. The van der Waals surface area contributed by atoms with Gasteiger partial charge in [-0.2, -0.15) is 0 Å². The molecule has 1 aliphatic heterocycles. The molecule has 0 saturated heterocycles. The van der Waals surface area contributed by atoms with Gasteiger partial charge in [-0.15, -0.1) is 0 Å². The van der Waals surface area contributed by atoms with Crippen LogP contribution < -0.4 is 4.90 Å². The average molecular weight is 252 g/mol. The number of para-hydroxylation sites is 1. The molecule has 1 aliphatic rings. The number of aromatic nitrogens is 1. The Labute approximate surface area is 112 Å². The number of pyridine rings is 1. The van der Waals surface area contributed by atoms with Gasteiger partial charge in [-0.3, -0.25) is 9.78 Å². The Bertz CT molecular complexity index is 622. The van der Waals surface area contributed by atoms with Crippen LogP contribution in [0.5, 0.6) is 0 Å². The lowest BCUT2D eigenvalue weighted by molar-refractivity contribution is -0.116. The highest BCUT2D eigenvalue weighted by Crippen LogP contribution is 2.27. The van der Waals surface area contributed by atoms with Gasteiger partial charge < -0.3 is 4.90 Å². The number of benzene rings is 1. The summed E-state index contributed by atoms with van der Waals surface area (Å²) in [6.45, 7) is 2.23. The predicted octanol–water partition coefficient (Wildman–Crippen LogP) is 2.73. The van der Waals surface area contributed by atoms with E-state index < -0.39 is 0 Å². The van der Waals surface area contributed by atoms with Gasteiger partial charge in [-0.1, -0.05) is 24.3 Å².